The van der Waals surface area contributed by atoms with Gasteiger partial charge in [-0.25, -0.2) is 0 Å². The molecule has 1 aromatic heterocycles. The summed E-state index contributed by atoms with van der Waals surface area (Å²) in [7, 11) is 0. The van der Waals surface area contributed by atoms with E-state index in [9.17, 15) is 13.2 Å². The summed E-state index contributed by atoms with van der Waals surface area (Å²) in [5.74, 6) is 0. The summed E-state index contributed by atoms with van der Waals surface area (Å²) in [4.78, 5) is 3.71. The highest BCUT2D eigenvalue weighted by molar-refractivity contribution is 5.23. The van der Waals surface area contributed by atoms with Crippen molar-refractivity contribution in [3.05, 3.63) is 30.1 Å². The SMILES string of the molecule is CCNC(C)(c1ccncc1)C(F)(F)F. The lowest BCUT2D eigenvalue weighted by atomic mass is 9.92. The molecule has 0 spiro atoms. The number of nitrogens with zero attached hydrogens (tertiary/aromatic N) is 1. The summed E-state index contributed by atoms with van der Waals surface area (Å²) in [6.07, 6.45) is -1.61. The maximum absolute atomic E-state index is 12.9. The molecular weight excluding hydrogens is 205 g/mol. The molecule has 0 saturated carbocycles. The lowest BCUT2D eigenvalue weighted by Crippen LogP contribution is -2.51. The monoisotopic (exact) mass is 218 g/mol. The van der Waals surface area contributed by atoms with Crippen LogP contribution in [0, 0.1) is 0 Å². The number of hydrogen-bond acceptors (Lipinski definition) is 2. The average Bonchev–Trinajstić information content (AvgIpc) is 2.18. The minimum Gasteiger partial charge on any atom is -0.300 e. The van der Waals surface area contributed by atoms with Gasteiger partial charge in [-0.05, 0) is 31.2 Å². The third kappa shape index (κ3) is 2.28. The maximum atomic E-state index is 12.9. The van der Waals surface area contributed by atoms with Crippen molar-refractivity contribution in [3.63, 3.8) is 0 Å². The van der Waals surface area contributed by atoms with E-state index in [-0.39, 0.29) is 12.1 Å². The van der Waals surface area contributed by atoms with Crippen LogP contribution in [-0.2, 0) is 5.54 Å². The van der Waals surface area contributed by atoms with E-state index in [2.05, 4.69) is 10.3 Å². The van der Waals surface area contributed by atoms with Crippen LogP contribution in [0.4, 0.5) is 13.2 Å². The van der Waals surface area contributed by atoms with Crippen molar-refractivity contribution in [3.8, 4) is 0 Å². The van der Waals surface area contributed by atoms with Gasteiger partial charge in [-0.15, -0.1) is 0 Å². The molecule has 2 nitrogen and oxygen atoms in total. The van der Waals surface area contributed by atoms with Gasteiger partial charge in [-0.1, -0.05) is 6.92 Å². The number of rotatable bonds is 3. The predicted octanol–water partition coefficient (Wildman–Crippen LogP) is 2.47. The van der Waals surface area contributed by atoms with E-state index in [1.807, 2.05) is 0 Å². The third-order valence-electron chi connectivity index (χ3n) is 2.35. The van der Waals surface area contributed by atoms with Gasteiger partial charge in [0.15, 0.2) is 0 Å². The Labute approximate surface area is 86.5 Å². The first-order valence-electron chi connectivity index (χ1n) is 4.64. The van der Waals surface area contributed by atoms with E-state index in [1.54, 1.807) is 6.92 Å². The quantitative estimate of drug-likeness (QED) is 0.843. The first-order valence-corrected chi connectivity index (χ1v) is 4.64. The molecule has 0 aliphatic carbocycles. The highest BCUT2D eigenvalue weighted by Gasteiger charge is 2.51. The number of hydrogen-bond donors (Lipinski definition) is 1. The summed E-state index contributed by atoms with van der Waals surface area (Å²) in [5.41, 5.74) is -1.84. The standard InChI is InChI=1S/C10H13F3N2/c1-3-15-9(2,10(11,12)13)8-4-6-14-7-5-8/h4-7,15H,3H2,1-2H3. The molecule has 0 fully saturated rings. The number of alkyl halides is 3. The molecule has 1 rings (SSSR count). The molecule has 1 aromatic rings. The van der Waals surface area contributed by atoms with Gasteiger partial charge < -0.3 is 5.32 Å². The minimum atomic E-state index is -4.33. The first kappa shape index (κ1) is 12.0. The van der Waals surface area contributed by atoms with E-state index in [0.717, 1.165) is 6.92 Å². The smallest absolute Gasteiger partial charge is 0.300 e. The molecule has 0 aliphatic rings. The second kappa shape index (κ2) is 4.18. The summed E-state index contributed by atoms with van der Waals surface area (Å²) < 4.78 is 38.7. The van der Waals surface area contributed by atoms with Gasteiger partial charge in [0.25, 0.3) is 0 Å². The highest BCUT2D eigenvalue weighted by Crippen LogP contribution is 2.38. The van der Waals surface area contributed by atoms with Gasteiger partial charge in [0.2, 0.25) is 0 Å². The van der Waals surface area contributed by atoms with Crippen LogP contribution in [-0.4, -0.2) is 17.7 Å². The second-order valence-electron chi connectivity index (χ2n) is 3.39. The fourth-order valence-electron chi connectivity index (χ4n) is 1.40. The summed E-state index contributed by atoms with van der Waals surface area (Å²) >= 11 is 0. The van der Waals surface area contributed by atoms with Gasteiger partial charge in [-0.2, -0.15) is 13.2 Å². The Morgan fingerprint density at radius 2 is 1.80 bits per heavy atom. The zero-order chi connectivity index (χ0) is 11.5. The van der Waals surface area contributed by atoms with Gasteiger partial charge in [0.05, 0.1) is 0 Å². The molecule has 84 valence electrons. The van der Waals surface area contributed by atoms with Crippen molar-refractivity contribution in [1.82, 2.24) is 10.3 Å². The zero-order valence-electron chi connectivity index (χ0n) is 8.60. The highest BCUT2D eigenvalue weighted by atomic mass is 19.4. The number of pyridine rings is 1. The van der Waals surface area contributed by atoms with Crippen LogP contribution < -0.4 is 5.32 Å². The summed E-state index contributed by atoms with van der Waals surface area (Å²) in [6, 6.07) is 2.74. The molecule has 1 heterocycles. The molecule has 5 heteroatoms. The van der Waals surface area contributed by atoms with Gasteiger partial charge in [0.1, 0.15) is 5.54 Å². The Morgan fingerprint density at radius 1 is 1.27 bits per heavy atom. The summed E-state index contributed by atoms with van der Waals surface area (Å²) in [5, 5.41) is 2.46. The Balaban J connectivity index is 3.13. The number of aromatic nitrogens is 1. The molecule has 1 N–H and O–H groups in total. The Morgan fingerprint density at radius 3 is 2.20 bits per heavy atom. The van der Waals surface area contributed by atoms with Crippen molar-refractivity contribution in [1.29, 1.82) is 0 Å². The molecule has 0 amide bonds. The summed E-state index contributed by atoms with van der Waals surface area (Å²) in [6.45, 7) is 3.02. The average molecular weight is 218 g/mol. The van der Waals surface area contributed by atoms with Crippen LogP contribution in [0.2, 0.25) is 0 Å². The normalized spacial score (nSPS) is 16.1. The maximum Gasteiger partial charge on any atom is 0.410 e. The fraction of sp³-hybridized carbons (Fsp3) is 0.500. The molecule has 15 heavy (non-hydrogen) atoms. The van der Waals surface area contributed by atoms with Crippen molar-refractivity contribution in [2.45, 2.75) is 25.6 Å². The van der Waals surface area contributed by atoms with Crippen LogP contribution >= 0.6 is 0 Å². The largest absolute Gasteiger partial charge is 0.410 e. The Kier molecular flexibility index (Phi) is 3.34. The van der Waals surface area contributed by atoms with Crippen molar-refractivity contribution < 1.29 is 13.2 Å². The van der Waals surface area contributed by atoms with Crippen LogP contribution in [0.3, 0.4) is 0 Å². The molecule has 1 unspecified atom stereocenters. The molecule has 1 atom stereocenters. The van der Waals surface area contributed by atoms with E-state index in [1.165, 1.54) is 24.5 Å². The molecular formula is C10H13F3N2. The molecule has 0 radical (unpaired) electrons. The number of halogens is 3. The van der Waals surface area contributed by atoms with Gasteiger partial charge >= 0.3 is 6.18 Å². The predicted molar refractivity (Wildman–Crippen MR) is 51.3 cm³/mol. The Hall–Kier alpha value is -1.10. The molecule has 0 aromatic carbocycles. The lowest BCUT2D eigenvalue weighted by Gasteiger charge is -2.33. The topological polar surface area (TPSA) is 24.9 Å². The van der Waals surface area contributed by atoms with Crippen molar-refractivity contribution in [2.75, 3.05) is 6.54 Å². The van der Waals surface area contributed by atoms with Crippen LogP contribution in [0.15, 0.2) is 24.5 Å². The van der Waals surface area contributed by atoms with Crippen LogP contribution in [0.5, 0.6) is 0 Å². The molecule has 0 bridgehead atoms. The Bertz CT molecular complexity index is 310. The molecule has 0 saturated heterocycles. The second-order valence-corrected chi connectivity index (χ2v) is 3.39. The minimum absolute atomic E-state index is 0.173. The van der Waals surface area contributed by atoms with Crippen LogP contribution in [0.25, 0.3) is 0 Å². The van der Waals surface area contributed by atoms with Gasteiger partial charge in [-0.3, -0.25) is 4.98 Å². The third-order valence-corrected chi connectivity index (χ3v) is 2.35. The van der Waals surface area contributed by atoms with E-state index >= 15 is 0 Å². The van der Waals surface area contributed by atoms with Gasteiger partial charge in [0, 0.05) is 12.4 Å². The molecule has 0 aliphatic heterocycles. The van der Waals surface area contributed by atoms with E-state index in [0.29, 0.717) is 0 Å². The van der Waals surface area contributed by atoms with Crippen LogP contribution in [0.1, 0.15) is 19.4 Å². The lowest BCUT2D eigenvalue weighted by molar-refractivity contribution is -0.195. The van der Waals surface area contributed by atoms with E-state index in [4.69, 9.17) is 0 Å². The van der Waals surface area contributed by atoms with E-state index < -0.39 is 11.7 Å². The fourth-order valence-corrected chi connectivity index (χ4v) is 1.40. The number of nitrogens with one attached hydrogen (secondary N) is 1. The zero-order valence-corrected chi connectivity index (χ0v) is 8.60. The van der Waals surface area contributed by atoms with Crippen molar-refractivity contribution >= 4 is 0 Å². The first-order chi connectivity index (χ1) is 6.92. The van der Waals surface area contributed by atoms with Crippen molar-refractivity contribution in [2.24, 2.45) is 0 Å².